The van der Waals surface area contributed by atoms with Gasteiger partial charge in [-0.15, -0.1) is 0 Å². The van der Waals surface area contributed by atoms with Gasteiger partial charge in [-0.25, -0.2) is 9.97 Å². The zero-order chi connectivity index (χ0) is 18.8. The highest BCUT2D eigenvalue weighted by Crippen LogP contribution is 2.36. The summed E-state index contributed by atoms with van der Waals surface area (Å²) < 4.78 is 0. The molecule has 0 fully saturated rings. The summed E-state index contributed by atoms with van der Waals surface area (Å²) >= 11 is 0. The highest BCUT2D eigenvalue weighted by atomic mass is 16.3. The summed E-state index contributed by atoms with van der Waals surface area (Å²) in [7, 11) is 0. The molecule has 0 aliphatic carbocycles. The van der Waals surface area contributed by atoms with Crippen molar-refractivity contribution in [3.05, 3.63) is 89.7 Å². The van der Waals surface area contributed by atoms with E-state index in [4.69, 9.17) is 0 Å². The third-order valence-electron chi connectivity index (χ3n) is 4.55. The molecular weight excluding hydrogens is 338 g/mol. The van der Waals surface area contributed by atoms with Gasteiger partial charge in [-0.05, 0) is 37.3 Å². The smallest absolute Gasteiger partial charge is 0.272 e. The number of nitrogens with zero attached hydrogens (tertiary/aromatic N) is 1. The zero-order valence-electron chi connectivity index (χ0n) is 14.8. The molecule has 0 aliphatic heterocycles. The summed E-state index contributed by atoms with van der Waals surface area (Å²) in [6.45, 7) is 1.90. The number of H-pyrrole nitrogens is 1. The Balaban J connectivity index is 1.86. The fourth-order valence-corrected chi connectivity index (χ4v) is 3.17. The summed E-state index contributed by atoms with van der Waals surface area (Å²) in [5, 5.41) is 24.9. The zero-order valence-corrected chi connectivity index (χ0v) is 14.8. The van der Waals surface area contributed by atoms with Gasteiger partial charge in [0, 0.05) is 28.3 Å². The summed E-state index contributed by atoms with van der Waals surface area (Å²) in [6, 6.07) is 20.1. The fraction of sp³-hybridized carbons (Fsp3) is 0.0909. The first-order chi connectivity index (χ1) is 13.1. The maximum atomic E-state index is 11.0. The molecule has 0 saturated carbocycles. The van der Waals surface area contributed by atoms with Crippen LogP contribution >= 0.6 is 0 Å². The maximum absolute atomic E-state index is 11.0. The summed E-state index contributed by atoms with van der Waals surface area (Å²) in [5.74, 6) is 1.16. The number of phenols is 2. The van der Waals surface area contributed by atoms with Gasteiger partial charge in [0.25, 0.3) is 5.82 Å². The van der Waals surface area contributed by atoms with Crippen molar-refractivity contribution in [2.75, 3.05) is 5.32 Å². The molecule has 0 spiro atoms. The van der Waals surface area contributed by atoms with Gasteiger partial charge >= 0.3 is 0 Å². The lowest BCUT2D eigenvalue weighted by atomic mass is 9.96. The Morgan fingerprint density at radius 2 is 1.70 bits per heavy atom. The normalized spacial score (nSPS) is 12.0. The van der Waals surface area contributed by atoms with Gasteiger partial charge in [0.2, 0.25) is 0 Å². The van der Waals surface area contributed by atoms with Crippen molar-refractivity contribution in [3.8, 4) is 11.5 Å². The van der Waals surface area contributed by atoms with Crippen molar-refractivity contribution >= 4 is 16.7 Å². The monoisotopic (exact) mass is 358 g/mol. The summed E-state index contributed by atoms with van der Waals surface area (Å²) in [6.07, 6.45) is 1.83. The third-order valence-corrected chi connectivity index (χ3v) is 4.55. The number of rotatable bonds is 4. The number of nitrogens with one attached hydrogen (secondary N) is 2. The van der Waals surface area contributed by atoms with Crippen LogP contribution in [-0.2, 0) is 0 Å². The van der Waals surface area contributed by atoms with E-state index >= 15 is 0 Å². The molecule has 0 bridgehead atoms. The van der Waals surface area contributed by atoms with E-state index in [1.54, 1.807) is 12.1 Å². The van der Waals surface area contributed by atoms with E-state index in [0.717, 1.165) is 22.5 Å². The predicted octanol–water partition coefficient (Wildman–Crippen LogP) is 3.97. The number of pyridine rings is 2. The van der Waals surface area contributed by atoms with Gasteiger partial charge in [0.05, 0.1) is 6.20 Å². The molecule has 5 nitrogen and oxygen atoms in total. The molecule has 4 aromatic rings. The fourth-order valence-electron chi connectivity index (χ4n) is 3.17. The second kappa shape index (κ2) is 6.96. The van der Waals surface area contributed by atoms with Gasteiger partial charge in [0.15, 0.2) is 0 Å². The molecule has 0 amide bonds. The van der Waals surface area contributed by atoms with E-state index in [0.29, 0.717) is 11.1 Å². The van der Waals surface area contributed by atoms with E-state index in [2.05, 4.69) is 15.3 Å². The molecule has 0 saturated heterocycles. The van der Waals surface area contributed by atoms with Crippen molar-refractivity contribution in [2.45, 2.75) is 13.0 Å². The Labute approximate surface area is 157 Å². The minimum Gasteiger partial charge on any atom is -0.508 e. The second-order valence-corrected chi connectivity index (χ2v) is 6.47. The van der Waals surface area contributed by atoms with Crippen LogP contribution in [0.2, 0.25) is 0 Å². The number of fused-ring (bicyclic) bond motifs is 1. The number of hydrogen-bond donors (Lipinski definition) is 3. The van der Waals surface area contributed by atoms with Gasteiger partial charge in [-0.3, -0.25) is 5.32 Å². The standard InChI is InChI=1S/C22H19N3O2/c1-14-5-6-16-9-12-18(22(27)21(16)24-14)20(15-7-10-17(26)11-8-15)25-19-4-2-3-13-23-19/h2-13,20,26-27H,1H3,(H,23,25)/p+1/t20-/m1/s1. The van der Waals surface area contributed by atoms with Crippen molar-refractivity contribution in [1.82, 2.24) is 4.98 Å². The number of aromatic nitrogens is 2. The number of benzene rings is 2. The van der Waals surface area contributed by atoms with Crippen LogP contribution in [0.15, 0.2) is 72.9 Å². The molecule has 1 atom stereocenters. The Kier molecular flexibility index (Phi) is 4.34. The quantitative estimate of drug-likeness (QED) is 0.516. The number of phenolic OH excluding ortho intramolecular Hbond substituents is 2. The molecule has 4 N–H and O–H groups in total. The van der Waals surface area contributed by atoms with Crippen LogP contribution in [0.5, 0.6) is 11.5 Å². The number of anilines is 1. The lowest BCUT2D eigenvalue weighted by molar-refractivity contribution is -0.361. The molecule has 0 aliphatic rings. The Morgan fingerprint density at radius 1 is 0.926 bits per heavy atom. The molecule has 0 radical (unpaired) electrons. The van der Waals surface area contributed by atoms with Crippen molar-refractivity contribution in [1.29, 1.82) is 0 Å². The first kappa shape index (κ1) is 16.8. The second-order valence-electron chi connectivity index (χ2n) is 6.47. The van der Waals surface area contributed by atoms with E-state index in [9.17, 15) is 10.2 Å². The average molecular weight is 358 g/mol. The van der Waals surface area contributed by atoms with Crippen LogP contribution in [0.4, 0.5) is 5.82 Å². The number of aromatic amines is 1. The third kappa shape index (κ3) is 3.40. The molecule has 2 aromatic heterocycles. The van der Waals surface area contributed by atoms with Crippen LogP contribution in [0, 0.1) is 6.92 Å². The average Bonchev–Trinajstić information content (AvgIpc) is 2.69. The highest BCUT2D eigenvalue weighted by molar-refractivity contribution is 5.86. The van der Waals surface area contributed by atoms with Crippen molar-refractivity contribution in [2.24, 2.45) is 0 Å². The molecule has 0 unspecified atom stereocenters. The van der Waals surface area contributed by atoms with Crippen LogP contribution in [0.1, 0.15) is 22.9 Å². The number of aryl methyl sites for hydroxylation is 1. The van der Waals surface area contributed by atoms with Crippen LogP contribution in [0.3, 0.4) is 0 Å². The Bertz CT molecular complexity index is 1080. The van der Waals surface area contributed by atoms with E-state index in [1.807, 2.05) is 67.7 Å². The van der Waals surface area contributed by atoms with Crippen molar-refractivity contribution in [3.63, 3.8) is 0 Å². The van der Waals surface area contributed by atoms with E-state index in [1.165, 1.54) is 0 Å². The number of hydrogen-bond acceptors (Lipinski definition) is 4. The topological polar surface area (TPSA) is 79.5 Å². The Morgan fingerprint density at radius 3 is 2.44 bits per heavy atom. The van der Waals surface area contributed by atoms with Gasteiger partial charge < -0.3 is 10.2 Å². The van der Waals surface area contributed by atoms with E-state index in [-0.39, 0.29) is 17.5 Å². The first-order valence-electron chi connectivity index (χ1n) is 8.73. The molecule has 5 heteroatoms. The maximum Gasteiger partial charge on any atom is 0.272 e. The number of aromatic hydroxyl groups is 2. The SMILES string of the molecule is Cc1ccc2ccc([C@H](Nc3cccc[nH+]3)c3ccc(O)cc3)c(O)c2n1. The molecule has 27 heavy (non-hydrogen) atoms. The highest BCUT2D eigenvalue weighted by Gasteiger charge is 2.24. The van der Waals surface area contributed by atoms with Gasteiger partial charge in [-0.2, -0.15) is 0 Å². The lowest BCUT2D eigenvalue weighted by Gasteiger charge is -2.18. The molecular formula is C22H20N3O2+. The van der Waals surface area contributed by atoms with Gasteiger partial charge in [-0.1, -0.05) is 30.3 Å². The van der Waals surface area contributed by atoms with Gasteiger partial charge in [0.1, 0.15) is 23.1 Å². The largest absolute Gasteiger partial charge is 0.508 e. The van der Waals surface area contributed by atoms with E-state index < -0.39 is 0 Å². The summed E-state index contributed by atoms with van der Waals surface area (Å²) in [5.41, 5.74) is 3.05. The van der Waals surface area contributed by atoms with Crippen molar-refractivity contribution < 1.29 is 15.2 Å². The predicted molar refractivity (Wildman–Crippen MR) is 105 cm³/mol. The van der Waals surface area contributed by atoms with Crippen LogP contribution < -0.4 is 10.3 Å². The minimum absolute atomic E-state index is 0.151. The Hall–Kier alpha value is -3.60. The lowest BCUT2D eigenvalue weighted by Crippen LogP contribution is -2.18. The van der Waals surface area contributed by atoms with Crippen LogP contribution in [-0.4, -0.2) is 15.2 Å². The minimum atomic E-state index is -0.323. The molecule has 134 valence electrons. The first-order valence-corrected chi connectivity index (χ1v) is 8.73. The molecule has 4 rings (SSSR count). The summed E-state index contributed by atoms with van der Waals surface area (Å²) in [4.78, 5) is 7.67. The molecule has 2 aromatic carbocycles. The van der Waals surface area contributed by atoms with Crippen LogP contribution in [0.25, 0.3) is 10.9 Å². The molecule has 2 heterocycles.